The van der Waals surface area contributed by atoms with Crippen molar-refractivity contribution in [2.24, 2.45) is 7.05 Å². The molecule has 0 saturated heterocycles. The normalized spacial score (nSPS) is 16.5. The lowest BCUT2D eigenvalue weighted by Crippen LogP contribution is -2.28. The summed E-state index contributed by atoms with van der Waals surface area (Å²) in [6, 6.07) is 16.9. The van der Waals surface area contributed by atoms with Crippen molar-refractivity contribution in [3.63, 3.8) is 0 Å². The zero-order chi connectivity index (χ0) is 21.1. The van der Waals surface area contributed by atoms with Crippen LogP contribution in [0, 0.1) is 0 Å². The number of hydrogen-bond acceptors (Lipinski definition) is 5. The Morgan fingerprint density at radius 2 is 1.97 bits per heavy atom. The number of ether oxygens (including phenoxy) is 1. The van der Waals surface area contributed by atoms with Gasteiger partial charge in [0.15, 0.2) is 0 Å². The van der Waals surface area contributed by atoms with Crippen molar-refractivity contribution in [3.05, 3.63) is 77.6 Å². The predicted octanol–water partition coefficient (Wildman–Crippen LogP) is 2.51. The third kappa shape index (κ3) is 4.56. The quantitative estimate of drug-likeness (QED) is 0.560. The number of fused-ring (bicyclic) bond motifs is 1. The van der Waals surface area contributed by atoms with Crippen LogP contribution in [-0.2, 0) is 30.0 Å². The van der Waals surface area contributed by atoms with Gasteiger partial charge in [-0.3, -0.25) is 9.58 Å². The van der Waals surface area contributed by atoms with Crippen LogP contribution in [0.2, 0.25) is 0 Å². The molecule has 2 heterocycles. The second-order valence-corrected chi connectivity index (χ2v) is 9.34. The highest BCUT2D eigenvalue weighted by atomic mass is 32.2. The zero-order valence-electron chi connectivity index (χ0n) is 17.2. The lowest BCUT2D eigenvalue weighted by molar-refractivity contribution is 0.266. The predicted molar refractivity (Wildman–Crippen MR) is 115 cm³/mol. The van der Waals surface area contributed by atoms with Crippen LogP contribution in [-0.4, -0.2) is 43.3 Å². The molecule has 1 aliphatic heterocycles. The minimum Gasteiger partial charge on any atom is -0.492 e. The molecule has 2 aromatic carbocycles. The number of hydrogen-bond donors (Lipinski definition) is 1. The van der Waals surface area contributed by atoms with E-state index in [9.17, 15) is 8.42 Å². The summed E-state index contributed by atoms with van der Waals surface area (Å²) in [6.45, 7) is 1.34. The van der Waals surface area contributed by atoms with Gasteiger partial charge in [-0.2, -0.15) is 5.10 Å². The Hall–Kier alpha value is -2.68. The maximum Gasteiger partial charge on any atom is 0.243 e. The van der Waals surface area contributed by atoms with E-state index in [0.717, 1.165) is 18.7 Å². The Morgan fingerprint density at radius 3 is 2.70 bits per heavy atom. The first-order chi connectivity index (χ1) is 14.4. The molecule has 0 spiro atoms. The third-order valence-electron chi connectivity index (χ3n) is 5.35. The van der Waals surface area contributed by atoms with Crippen LogP contribution in [0.5, 0.6) is 5.75 Å². The summed E-state index contributed by atoms with van der Waals surface area (Å²) < 4.78 is 34.3. The van der Waals surface area contributed by atoms with Crippen LogP contribution in [0.1, 0.15) is 22.7 Å². The summed E-state index contributed by atoms with van der Waals surface area (Å²) in [5, 5.41) is 3.90. The molecule has 1 aliphatic rings. The van der Waals surface area contributed by atoms with Gasteiger partial charge in [0.05, 0.1) is 6.20 Å². The van der Waals surface area contributed by atoms with Gasteiger partial charge in [-0.05, 0) is 42.3 Å². The van der Waals surface area contributed by atoms with E-state index < -0.39 is 10.0 Å². The van der Waals surface area contributed by atoms with Crippen molar-refractivity contribution >= 4 is 10.0 Å². The molecule has 3 aromatic rings. The highest BCUT2D eigenvalue weighted by molar-refractivity contribution is 7.89. The zero-order valence-corrected chi connectivity index (χ0v) is 18.0. The molecule has 158 valence electrons. The van der Waals surface area contributed by atoms with Gasteiger partial charge in [-0.15, -0.1) is 0 Å². The number of aryl methyl sites for hydroxylation is 1. The first kappa shape index (κ1) is 20.6. The largest absolute Gasteiger partial charge is 0.492 e. The van der Waals surface area contributed by atoms with Gasteiger partial charge in [-0.1, -0.05) is 36.4 Å². The molecule has 1 atom stereocenters. The van der Waals surface area contributed by atoms with Crippen LogP contribution in [0.25, 0.3) is 0 Å². The van der Waals surface area contributed by atoms with Crippen LogP contribution in [0.4, 0.5) is 0 Å². The van der Waals surface area contributed by atoms with Gasteiger partial charge < -0.3 is 4.74 Å². The second-order valence-electron chi connectivity index (χ2n) is 7.58. The number of aromatic nitrogens is 2. The Labute approximate surface area is 177 Å². The molecular formula is C22H26N4O3S. The summed E-state index contributed by atoms with van der Waals surface area (Å²) in [5.74, 6) is 0.752. The fourth-order valence-corrected chi connectivity index (χ4v) is 4.80. The second kappa shape index (κ2) is 8.59. The van der Waals surface area contributed by atoms with Gasteiger partial charge >= 0.3 is 0 Å². The molecule has 1 unspecified atom stereocenters. The van der Waals surface area contributed by atoms with E-state index in [-0.39, 0.29) is 18.0 Å². The van der Waals surface area contributed by atoms with E-state index in [4.69, 9.17) is 4.74 Å². The van der Waals surface area contributed by atoms with Crippen molar-refractivity contribution in [2.75, 3.05) is 20.2 Å². The summed E-state index contributed by atoms with van der Waals surface area (Å²) in [5.41, 5.74) is 3.89. The number of rotatable bonds is 8. The van der Waals surface area contributed by atoms with Gasteiger partial charge in [0.1, 0.15) is 17.3 Å². The molecule has 30 heavy (non-hydrogen) atoms. The van der Waals surface area contributed by atoms with Crippen molar-refractivity contribution in [1.29, 1.82) is 0 Å². The average Bonchev–Trinajstić information content (AvgIpc) is 3.30. The fraction of sp³-hybridized carbons (Fsp3) is 0.318. The standard InChI is InChI=1S/C22H26N4O3S/c1-25-15-18-8-9-19(13-21(18)22(25)12-17-6-4-3-5-7-17)29-11-10-24-30(27,28)20-14-23-26(2)16-20/h3-9,13-14,16,22,24H,10-12,15H2,1-2H3. The number of benzene rings is 2. The molecule has 4 rings (SSSR count). The molecule has 0 saturated carbocycles. The van der Waals surface area contributed by atoms with Crippen LogP contribution >= 0.6 is 0 Å². The molecule has 7 nitrogen and oxygen atoms in total. The van der Waals surface area contributed by atoms with Crippen LogP contribution in [0.15, 0.2) is 65.8 Å². The smallest absolute Gasteiger partial charge is 0.243 e. The molecule has 0 radical (unpaired) electrons. The van der Waals surface area contributed by atoms with Crippen molar-refractivity contribution < 1.29 is 13.2 Å². The molecule has 0 bridgehead atoms. The van der Waals surface area contributed by atoms with E-state index >= 15 is 0 Å². The highest BCUT2D eigenvalue weighted by Crippen LogP contribution is 2.36. The Kier molecular flexibility index (Phi) is 5.90. The van der Waals surface area contributed by atoms with E-state index in [1.54, 1.807) is 7.05 Å². The highest BCUT2D eigenvalue weighted by Gasteiger charge is 2.28. The van der Waals surface area contributed by atoms with Gasteiger partial charge in [0, 0.05) is 32.4 Å². The summed E-state index contributed by atoms with van der Waals surface area (Å²) in [6.07, 6.45) is 3.73. The van der Waals surface area contributed by atoms with E-state index in [0.29, 0.717) is 6.04 Å². The fourth-order valence-electron chi connectivity index (χ4n) is 3.80. The van der Waals surface area contributed by atoms with E-state index in [1.807, 2.05) is 12.1 Å². The Bertz CT molecular complexity index is 1110. The van der Waals surface area contributed by atoms with Crippen LogP contribution < -0.4 is 9.46 Å². The summed E-state index contributed by atoms with van der Waals surface area (Å²) in [7, 11) is 0.245. The Morgan fingerprint density at radius 1 is 1.17 bits per heavy atom. The lowest BCUT2D eigenvalue weighted by Gasteiger charge is -2.20. The van der Waals surface area contributed by atoms with Crippen LogP contribution in [0.3, 0.4) is 0 Å². The number of nitrogens with one attached hydrogen (secondary N) is 1. The molecule has 0 amide bonds. The topological polar surface area (TPSA) is 76.5 Å². The number of likely N-dealkylation sites (N-methyl/N-ethyl adjacent to an activating group) is 1. The lowest BCUT2D eigenvalue weighted by atomic mass is 9.98. The molecule has 1 N–H and O–H groups in total. The van der Waals surface area contributed by atoms with Crippen molar-refractivity contribution in [3.8, 4) is 5.75 Å². The maximum absolute atomic E-state index is 12.2. The maximum atomic E-state index is 12.2. The first-order valence-corrected chi connectivity index (χ1v) is 11.4. The number of sulfonamides is 1. The third-order valence-corrected chi connectivity index (χ3v) is 6.77. The van der Waals surface area contributed by atoms with E-state index in [2.05, 4.69) is 58.2 Å². The van der Waals surface area contributed by atoms with Gasteiger partial charge in [-0.25, -0.2) is 13.1 Å². The van der Waals surface area contributed by atoms with E-state index in [1.165, 1.54) is 33.8 Å². The Balaban J connectivity index is 1.37. The molecule has 0 aliphatic carbocycles. The average molecular weight is 427 g/mol. The monoisotopic (exact) mass is 426 g/mol. The molecule has 0 fully saturated rings. The SMILES string of the molecule is CN1Cc2ccc(OCCNS(=O)(=O)c3cnn(C)c3)cc2C1Cc1ccccc1. The summed E-state index contributed by atoms with van der Waals surface area (Å²) >= 11 is 0. The summed E-state index contributed by atoms with van der Waals surface area (Å²) in [4.78, 5) is 2.50. The molecule has 1 aromatic heterocycles. The molecular weight excluding hydrogens is 400 g/mol. The van der Waals surface area contributed by atoms with Gasteiger partial charge in [0.2, 0.25) is 10.0 Å². The number of nitrogens with zero attached hydrogens (tertiary/aromatic N) is 3. The minimum absolute atomic E-state index is 0.148. The van der Waals surface area contributed by atoms with Crippen molar-refractivity contribution in [2.45, 2.75) is 23.9 Å². The minimum atomic E-state index is -3.57. The van der Waals surface area contributed by atoms with Gasteiger partial charge in [0.25, 0.3) is 0 Å². The molecule has 8 heteroatoms. The first-order valence-electron chi connectivity index (χ1n) is 9.90. The van der Waals surface area contributed by atoms with Crippen molar-refractivity contribution in [1.82, 2.24) is 19.4 Å².